The summed E-state index contributed by atoms with van der Waals surface area (Å²) in [6, 6.07) is 9.65. The van der Waals surface area contributed by atoms with Crippen molar-refractivity contribution in [1.29, 1.82) is 0 Å². The van der Waals surface area contributed by atoms with Crippen LogP contribution in [0.15, 0.2) is 30.3 Å². The van der Waals surface area contributed by atoms with Gasteiger partial charge in [0, 0.05) is 0 Å². The molecule has 0 radical (unpaired) electrons. The average Bonchev–Trinajstić information content (AvgIpc) is 2.48. The highest BCUT2D eigenvalue weighted by Gasteiger charge is 2.41. The van der Waals surface area contributed by atoms with E-state index in [4.69, 9.17) is 13.8 Å². The Kier molecular flexibility index (Phi) is 8.29. The zero-order chi connectivity index (χ0) is 16.6. The molecule has 0 saturated heterocycles. The molecule has 0 saturated carbocycles. The van der Waals surface area contributed by atoms with E-state index >= 15 is 0 Å². The van der Waals surface area contributed by atoms with Crippen LogP contribution < -0.4 is 0 Å². The summed E-state index contributed by atoms with van der Waals surface area (Å²) in [5.41, 5.74) is 0.989. The Morgan fingerprint density at radius 1 is 1.09 bits per heavy atom. The maximum absolute atomic E-state index is 12.7. The van der Waals surface area contributed by atoms with Crippen LogP contribution in [-0.4, -0.2) is 30.3 Å². The van der Waals surface area contributed by atoms with Gasteiger partial charge in [0.15, 0.2) is 5.85 Å². The molecule has 0 spiro atoms. The van der Waals surface area contributed by atoms with Crippen molar-refractivity contribution in [2.75, 3.05) is 13.2 Å². The molecule has 0 fully saturated rings. The average molecular weight is 330 g/mol. The Hall–Kier alpha value is -0.710. The van der Waals surface area contributed by atoms with Gasteiger partial charge in [0.1, 0.15) is 0 Å². The second-order valence-corrected chi connectivity index (χ2v) is 7.42. The van der Waals surface area contributed by atoms with Crippen LogP contribution in [0.5, 0.6) is 0 Å². The van der Waals surface area contributed by atoms with Gasteiger partial charge in [-0.15, -0.1) is 0 Å². The van der Waals surface area contributed by atoms with Gasteiger partial charge in [-0.05, 0) is 25.3 Å². The SMILES string of the molecule is CCOP(=O)(OCC)[C@H](O)[C@@H](OCc1ccccc1)C(C)C. The summed E-state index contributed by atoms with van der Waals surface area (Å²) in [5, 5.41) is 10.5. The summed E-state index contributed by atoms with van der Waals surface area (Å²) in [6.45, 7) is 7.98. The van der Waals surface area contributed by atoms with E-state index in [2.05, 4.69) is 0 Å². The number of benzene rings is 1. The van der Waals surface area contributed by atoms with E-state index < -0.39 is 19.5 Å². The molecular formula is C16H27O5P. The molecule has 1 aromatic rings. The van der Waals surface area contributed by atoms with Gasteiger partial charge in [-0.2, -0.15) is 0 Å². The third kappa shape index (κ3) is 5.49. The number of ether oxygens (including phenoxy) is 1. The number of aliphatic hydroxyl groups excluding tert-OH is 1. The first-order chi connectivity index (χ1) is 10.4. The fraction of sp³-hybridized carbons (Fsp3) is 0.625. The molecule has 0 bridgehead atoms. The van der Waals surface area contributed by atoms with Gasteiger partial charge in [0.05, 0.1) is 25.9 Å². The van der Waals surface area contributed by atoms with Crippen molar-refractivity contribution in [3.63, 3.8) is 0 Å². The molecule has 0 aliphatic carbocycles. The van der Waals surface area contributed by atoms with Crippen LogP contribution in [0.2, 0.25) is 0 Å². The summed E-state index contributed by atoms with van der Waals surface area (Å²) in [4.78, 5) is 0. The smallest absolute Gasteiger partial charge is 0.361 e. The molecule has 1 aromatic carbocycles. The lowest BCUT2D eigenvalue weighted by atomic mass is 10.1. The lowest BCUT2D eigenvalue weighted by Crippen LogP contribution is -2.34. The molecule has 0 aliphatic heterocycles. The molecule has 1 N–H and O–H groups in total. The molecule has 0 heterocycles. The lowest BCUT2D eigenvalue weighted by molar-refractivity contribution is -0.0506. The van der Waals surface area contributed by atoms with E-state index in [1.165, 1.54) is 0 Å². The highest BCUT2D eigenvalue weighted by Crippen LogP contribution is 2.54. The van der Waals surface area contributed by atoms with Crippen molar-refractivity contribution in [3.8, 4) is 0 Å². The molecule has 2 atom stereocenters. The monoisotopic (exact) mass is 330 g/mol. The van der Waals surface area contributed by atoms with Crippen LogP contribution in [0.3, 0.4) is 0 Å². The van der Waals surface area contributed by atoms with Gasteiger partial charge in [-0.25, -0.2) is 0 Å². The zero-order valence-corrected chi connectivity index (χ0v) is 14.7. The van der Waals surface area contributed by atoms with Crippen molar-refractivity contribution in [1.82, 2.24) is 0 Å². The van der Waals surface area contributed by atoms with Gasteiger partial charge < -0.3 is 18.9 Å². The molecule has 22 heavy (non-hydrogen) atoms. The molecule has 1 rings (SSSR count). The van der Waals surface area contributed by atoms with Crippen LogP contribution in [0.1, 0.15) is 33.3 Å². The van der Waals surface area contributed by atoms with E-state index in [9.17, 15) is 9.67 Å². The van der Waals surface area contributed by atoms with E-state index in [-0.39, 0.29) is 19.1 Å². The van der Waals surface area contributed by atoms with Crippen LogP contribution in [0, 0.1) is 5.92 Å². The molecule has 0 unspecified atom stereocenters. The quantitative estimate of drug-likeness (QED) is 0.661. The van der Waals surface area contributed by atoms with Crippen LogP contribution in [0.4, 0.5) is 0 Å². The van der Waals surface area contributed by atoms with E-state index in [0.717, 1.165) is 5.56 Å². The maximum atomic E-state index is 12.7. The van der Waals surface area contributed by atoms with Crippen molar-refractivity contribution < 1.29 is 23.5 Å². The highest BCUT2D eigenvalue weighted by atomic mass is 31.2. The summed E-state index contributed by atoms with van der Waals surface area (Å²) in [5.74, 6) is -1.34. The predicted octanol–water partition coefficient (Wildman–Crippen LogP) is 3.81. The molecular weight excluding hydrogens is 303 g/mol. The highest BCUT2D eigenvalue weighted by molar-refractivity contribution is 7.54. The fourth-order valence-corrected chi connectivity index (χ4v) is 4.01. The Balaban J connectivity index is 2.82. The van der Waals surface area contributed by atoms with Crippen LogP contribution in [0.25, 0.3) is 0 Å². The zero-order valence-electron chi connectivity index (χ0n) is 13.8. The Morgan fingerprint density at radius 2 is 1.64 bits per heavy atom. The minimum atomic E-state index is -3.61. The van der Waals surface area contributed by atoms with Crippen molar-refractivity contribution in [2.45, 2.75) is 46.3 Å². The summed E-state index contributed by atoms with van der Waals surface area (Å²) >= 11 is 0. The summed E-state index contributed by atoms with van der Waals surface area (Å²) in [7, 11) is -3.61. The Bertz CT molecular complexity index is 453. The van der Waals surface area contributed by atoms with Crippen LogP contribution in [-0.2, 0) is 25.0 Å². The largest absolute Gasteiger partial charge is 0.378 e. The Morgan fingerprint density at radius 3 is 2.09 bits per heavy atom. The molecule has 0 amide bonds. The summed E-state index contributed by atoms with van der Waals surface area (Å²) < 4.78 is 28.9. The van der Waals surface area contributed by atoms with Crippen molar-refractivity contribution >= 4 is 7.60 Å². The van der Waals surface area contributed by atoms with Gasteiger partial charge in [-0.1, -0.05) is 44.2 Å². The first-order valence-electron chi connectivity index (χ1n) is 7.67. The second kappa shape index (κ2) is 9.43. The van der Waals surface area contributed by atoms with Gasteiger partial charge in [0.2, 0.25) is 0 Å². The van der Waals surface area contributed by atoms with Gasteiger partial charge in [0.25, 0.3) is 0 Å². The maximum Gasteiger partial charge on any atom is 0.361 e. The molecule has 0 aliphatic rings. The molecule has 126 valence electrons. The lowest BCUT2D eigenvalue weighted by Gasteiger charge is -2.31. The molecule has 0 aromatic heterocycles. The topological polar surface area (TPSA) is 65.0 Å². The van der Waals surface area contributed by atoms with E-state index in [1.54, 1.807) is 13.8 Å². The number of hydrogen-bond donors (Lipinski definition) is 1. The minimum Gasteiger partial charge on any atom is -0.378 e. The standard InChI is InChI=1S/C16H27O5P/c1-5-20-22(18,21-6-2)16(17)15(13(3)4)19-12-14-10-8-7-9-11-14/h7-11,13,15-17H,5-6,12H2,1-4H3/t15-,16-/m0/s1. The summed E-state index contributed by atoms with van der Waals surface area (Å²) in [6.07, 6.45) is -0.635. The molecule has 6 heteroatoms. The number of hydrogen-bond acceptors (Lipinski definition) is 5. The third-order valence-corrected chi connectivity index (χ3v) is 5.36. The Labute approximate surface area is 133 Å². The first kappa shape index (κ1) is 19.3. The number of rotatable bonds is 10. The van der Waals surface area contributed by atoms with Crippen molar-refractivity contribution in [3.05, 3.63) is 35.9 Å². The van der Waals surface area contributed by atoms with E-state index in [1.807, 2.05) is 44.2 Å². The normalized spacial score (nSPS) is 15.0. The number of aliphatic hydroxyl groups is 1. The predicted molar refractivity (Wildman–Crippen MR) is 86.7 cm³/mol. The minimum absolute atomic E-state index is 0.0343. The van der Waals surface area contributed by atoms with Gasteiger partial charge >= 0.3 is 7.60 Å². The van der Waals surface area contributed by atoms with Crippen LogP contribution >= 0.6 is 7.60 Å². The molecule has 5 nitrogen and oxygen atoms in total. The van der Waals surface area contributed by atoms with E-state index in [0.29, 0.717) is 6.61 Å². The second-order valence-electron chi connectivity index (χ2n) is 5.29. The third-order valence-electron chi connectivity index (χ3n) is 3.18. The van der Waals surface area contributed by atoms with Gasteiger partial charge in [-0.3, -0.25) is 4.57 Å². The first-order valence-corrected chi connectivity index (χ1v) is 9.28. The van der Waals surface area contributed by atoms with Crippen molar-refractivity contribution in [2.24, 2.45) is 5.92 Å². The fourth-order valence-electron chi connectivity index (χ4n) is 2.12.